The van der Waals surface area contributed by atoms with Gasteiger partial charge in [0.25, 0.3) is 10.1 Å². The van der Waals surface area contributed by atoms with Crippen molar-refractivity contribution >= 4 is 51.5 Å². The topological polar surface area (TPSA) is 127 Å². The molecule has 0 saturated heterocycles. The number of allylic oxidation sites excluding steroid dienone is 1. The molecule has 0 atom stereocenters. The molecule has 0 unspecified atom stereocenters. The van der Waals surface area contributed by atoms with E-state index in [0.29, 0.717) is 5.57 Å². The van der Waals surface area contributed by atoms with Gasteiger partial charge >= 0.3 is 0 Å². The van der Waals surface area contributed by atoms with E-state index < -0.39 is 27.3 Å². The molecule has 0 aliphatic heterocycles. The Hall–Kier alpha value is -0.670. The van der Waals surface area contributed by atoms with Gasteiger partial charge in [-0.2, -0.15) is 8.42 Å². The molecule has 0 fully saturated rings. The molecule has 0 aromatic heterocycles. The number of hydrogen-bond donors (Lipinski definition) is 3. The van der Waals surface area contributed by atoms with Crippen molar-refractivity contribution in [2.45, 2.75) is 33.2 Å². The fourth-order valence-corrected chi connectivity index (χ4v) is 2.00. The molecule has 9 heteroatoms. The molecule has 2 amide bonds. The molecule has 0 spiro atoms. The molecule has 0 heterocycles. The van der Waals surface area contributed by atoms with Gasteiger partial charge in [-0.1, -0.05) is 12.7 Å². The second-order valence-electron chi connectivity index (χ2n) is 4.64. The third-order valence-electron chi connectivity index (χ3n) is 2.01. The van der Waals surface area contributed by atoms with Crippen LogP contribution < -0.4 is 11.1 Å². The summed E-state index contributed by atoms with van der Waals surface area (Å²) in [6, 6.07) is 0. The van der Waals surface area contributed by atoms with Crippen molar-refractivity contribution in [1.82, 2.24) is 5.32 Å². The average molecular weight is 329 g/mol. The van der Waals surface area contributed by atoms with Crippen molar-refractivity contribution in [3.05, 3.63) is 24.3 Å². The maximum absolute atomic E-state index is 10.8. The van der Waals surface area contributed by atoms with Crippen molar-refractivity contribution in [3.8, 4) is 0 Å². The number of carbonyl (C=O) groups is 2. The SMILES string of the molecule is C=CC(=O)NC(C)(C)CS(=O)(=O)O.CC=C(C)C(N)=O.[Na]. The van der Waals surface area contributed by atoms with Crippen molar-refractivity contribution < 1.29 is 22.6 Å². The summed E-state index contributed by atoms with van der Waals surface area (Å²) in [5, 5.41) is 2.37. The smallest absolute Gasteiger partial charge is 0.267 e. The molecular weight excluding hydrogens is 307 g/mol. The van der Waals surface area contributed by atoms with E-state index in [1.165, 1.54) is 13.8 Å². The van der Waals surface area contributed by atoms with Gasteiger partial charge in [-0.15, -0.1) is 0 Å². The van der Waals surface area contributed by atoms with Crippen LogP contribution in [0.2, 0.25) is 0 Å². The fourth-order valence-electron chi connectivity index (χ4n) is 1.02. The summed E-state index contributed by atoms with van der Waals surface area (Å²) in [7, 11) is -4.08. The monoisotopic (exact) mass is 329 g/mol. The molecule has 0 aliphatic rings. The summed E-state index contributed by atoms with van der Waals surface area (Å²) >= 11 is 0. The number of rotatable bonds is 5. The van der Waals surface area contributed by atoms with Crippen LogP contribution in [0.3, 0.4) is 0 Å². The summed E-state index contributed by atoms with van der Waals surface area (Å²) in [5.74, 6) is -1.35. The summed E-state index contributed by atoms with van der Waals surface area (Å²) in [4.78, 5) is 20.9. The zero-order valence-corrected chi connectivity index (χ0v) is 16.0. The van der Waals surface area contributed by atoms with Gasteiger partial charge in [-0.3, -0.25) is 14.1 Å². The van der Waals surface area contributed by atoms with Crippen molar-refractivity contribution in [2.75, 3.05) is 5.75 Å². The van der Waals surface area contributed by atoms with Crippen LogP contribution in [0.25, 0.3) is 0 Å². The number of amides is 2. The molecule has 0 saturated carbocycles. The van der Waals surface area contributed by atoms with Gasteiger partial charge in [0, 0.05) is 35.1 Å². The third-order valence-corrected chi connectivity index (χ3v) is 3.10. The Balaban J connectivity index is -0.000000347. The second kappa shape index (κ2) is 11.0. The third kappa shape index (κ3) is 17.3. The number of primary amides is 1. The van der Waals surface area contributed by atoms with Crippen LogP contribution in [0, 0.1) is 0 Å². The predicted molar refractivity (Wildman–Crippen MR) is 83.2 cm³/mol. The van der Waals surface area contributed by atoms with Crippen LogP contribution in [-0.2, 0) is 19.7 Å². The van der Waals surface area contributed by atoms with E-state index in [0.717, 1.165) is 6.08 Å². The van der Waals surface area contributed by atoms with Crippen LogP contribution in [0.4, 0.5) is 0 Å². The zero-order chi connectivity index (χ0) is 16.6. The molecular formula is C12H22N2NaO5S. The Labute approximate surface area is 148 Å². The minimum atomic E-state index is -4.08. The van der Waals surface area contributed by atoms with E-state index in [2.05, 4.69) is 11.9 Å². The Bertz CT molecular complexity index is 498. The molecule has 21 heavy (non-hydrogen) atoms. The minimum absolute atomic E-state index is 0. The Kier molecular flexibility index (Phi) is 13.2. The Morgan fingerprint density at radius 3 is 2.00 bits per heavy atom. The van der Waals surface area contributed by atoms with Gasteiger partial charge in [0.15, 0.2) is 0 Å². The van der Waals surface area contributed by atoms with Gasteiger partial charge in [0.05, 0.1) is 11.3 Å². The van der Waals surface area contributed by atoms with E-state index in [1.54, 1.807) is 19.9 Å². The Morgan fingerprint density at radius 2 is 1.81 bits per heavy atom. The molecule has 4 N–H and O–H groups in total. The summed E-state index contributed by atoms with van der Waals surface area (Å²) in [5.41, 5.74) is 4.45. The number of nitrogens with one attached hydrogen (secondary N) is 1. The molecule has 1 radical (unpaired) electrons. The number of nitrogens with two attached hydrogens (primary N) is 1. The van der Waals surface area contributed by atoms with E-state index in [1.807, 2.05) is 0 Å². The zero-order valence-electron chi connectivity index (χ0n) is 13.1. The first kappa shape index (κ1) is 25.3. The van der Waals surface area contributed by atoms with E-state index in [-0.39, 0.29) is 35.5 Å². The molecule has 117 valence electrons. The molecule has 0 aromatic carbocycles. The van der Waals surface area contributed by atoms with Gasteiger partial charge in [-0.25, -0.2) is 0 Å². The van der Waals surface area contributed by atoms with Crippen molar-refractivity contribution in [2.24, 2.45) is 5.73 Å². The summed E-state index contributed by atoms with van der Waals surface area (Å²) < 4.78 is 29.5. The van der Waals surface area contributed by atoms with Crippen LogP contribution in [-0.4, -0.2) is 65.6 Å². The first-order chi connectivity index (χ1) is 8.84. The second-order valence-corrected chi connectivity index (χ2v) is 6.09. The molecule has 0 aromatic rings. The van der Waals surface area contributed by atoms with Crippen molar-refractivity contribution in [1.29, 1.82) is 0 Å². The quantitative estimate of drug-likeness (QED) is 0.372. The van der Waals surface area contributed by atoms with Gasteiger partial charge in [0.1, 0.15) is 0 Å². The average Bonchev–Trinajstić information content (AvgIpc) is 2.24. The summed E-state index contributed by atoms with van der Waals surface area (Å²) in [6.07, 6.45) is 2.72. The van der Waals surface area contributed by atoms with Gasteiger partial charge < -0.3 is 11.1 Å². The maximum Gasteiger partial charge on any atom is 0.267 e. The number of carbonyl (C=O) groups excluding carboxylic acids is 2. The first-order valence-electron chi connectivity index (χ1n) is 5.67. The summed E-state index contributed by atoms with van der Waals surface area (Å²) in [6.45, 7) is 9.65. The molecule has 0 aliphatic carbocycles. The predicted octanol–water partition coefficient (Wildman–Crippen LogP) is 0.0121. The maximum atomic E-state index is 10.8. The Morgan fingerprint density at radius 1 is 1.38 bits per heavy atom. The van der Waals surface area contributed by atoms with E-state index in [4.69, 9.17) is 10.3 Å². The first-order valence-corrected chi connectivity index (χ1v) is 7.28. The minimum Gasteiger partial charge on any atom is -0.366 e. The molecule has 0 rings (SSSR count). The largest absolute Gasteiger partial charge is 0.366 e. The number of hydrogen-bond acceptors (Lipinski definition) is 4. The molecule has 0 bridgehead atoms. The van der Waals surface area contributed by atoms with E-state index >= 15 is 0 Å². The van der Waals surface area contributed by atoms with Crippen LogP contribution in [0.5, 0.6) is 0 Å². The molecule has 7 nitrogen and oxygen atoms in total. The van der Waals surface area contributed by atoms with Crippen LogP contribution in [0.15, 0.2) is 24.3 Å². The standard InChI is InChI=1S/C7H13NO4S.C5H9NO.Na/c1-4-6(9)8-7(2,3)5-13(10,11)12;1-3-4(2)5(6)7;/h4H,1,5H2,2-3H3,(H,8,9)(H,10,11,12);3H,1-2H3,(H2,6,7);. The van der Waals surface area contributed by atoms with Gasteiger partial charge in [-0.05, 0) is 33.8 Å². The van der Waals surface area contributed by atoms with Crippen molar-refractivity contribution in [3.63, 3.8) is 0 Å². The van der Waals surface area contributed by atoms with E-state index in [9.17, 15) is 18.0 Å². The van der Waals surface area contributed by atoms with Crippen LogP contribution >= 0.6 is 0 Å². The fraction of sp³-hybridized carbons (Fsp3) is 0.500. The van der Waals surface area contributed by atoms with Crippen LogP contribution in [0.1, 0.15) is 27.7 Å². The van der Waals surface area contributed by atoms with Gasteiger partial charge in [0.2, 0.25) is 11.8 Å². The normalized spacial score (nSPS) is 11.4.